The molecule has 0 aliphatic carbocycles. The summed E-state index contributed by atoms with van der Waals surface area (Å²) in [6, 6.07) is 5.36. The number of aliphatic hydroxyl groups excluding tert-OH is 1. The molecule has 0 aliphatic rings. The van der Waals surface area contributed by atoms with Gasteiger partial charge in [0, 0.05) is 13.1 Å². The standard InChI is InChI=1S/C16H27N3O3.HI/c1-5-9-18-16(17-6-2)19-11-13(20)12-7-8-14(21-3)15(10-12)22-4;/h7-8,10,13,20H,5-6,9,11H2,1-4H3,(H2,17,18,19);1H. The summed E-state index contributed by atoms with van der Waals surface area (Å²) in [5.41, 5.74) is 0.743. The third kappa shape index (κ3) is 7.26. The van der Waals surface area contributed by atoms with Crippen molar-refractivity contribution in [1.82, 2.24) is 10.6 Å². The Hall–Kier alpha value is -1.22. The molecule has 1 aromatic rings. The van der Waals surface area contributed by atoms with E-state index < -0.39 is 6.10 Å². The summed E-state index contributed by atoms with van der Waals surface area (Å²) in [5.74, 6) is 1.95. The van der Waals surface area contributed by atoms with Gasteiger partial charge in [-0.25, -0.2) is 0 Å². The van der Waals surface area contributed by atoms with Gasteiger partial charge in [-0.3, -0.25) is 4.99 Å². The topological polar surface area (TPSA) is 75.1 Å². The van der Waals surface area contributed by atoms with E-state index in [1.807, 2.05) is 13.0 Å². The smallest absolute Gasteiger partial charge is 0.191 e. The molecule has 1 atom stereocenters. The van der Waals surface area contributed by atoms with E-state index in [1.54, 1.807) is 26.4 Å². The van der Waals surface area contributed by atoms with Gasteiger partial charge in [-0.1, -0.05) is 13.0 Å². The fourth-order valence-electron chi connectivity index (χ4n) is 1.93. The summed E-state index contributed by atoms with van der Waals surface area (Å²) < 4.78 is 10.4. The molecule has 1 unspecified atom stereocenters. The summed E-state index contributed by atoms with van der Waals surface area (Å²) in [7, 11) is 3.16. The number of methoxy groups -OCH3 is 2. The Labute approximate surface area is 155 Å². The van der Waals surface area contributed by atoms with Crippen molar-refractivity contribution < 1.29 is 14.6 Å². The van der Waals surface area contributed by atoms with Crippen LogP contribution < -0.4 is 20.1 Å². The van der Waals surface area contributed by atoms with Crippen LogP contribution in [0.15, 0.2) is 23.2 Å². The van der Waals surface area contributed by atoms with Crippen LogP contribution in [-0.2, 0) is 0 Å². The fourth-order valence-corrected chi connectivity index (χ4v) is 1.93. The number of ether oxygens (including phenoxy) is 2. The lowest BCUT2D eigenvalue weighted by Gasteiger charge is -2.14. The Balaban J connectivity index is 0.00000484. The molecule has 0 saturated heterocycles. The van der Waals surface area contributed by atoms with Crippen molar-refractivity contribution in [2.75, 3.05) is 33.9 Å². The van der Waals surface area contributed by atoms with E-state index >= 15 is 0 Å². The van der Waals surface area contributed by atoms with Gasteiger partial charge in [0.25, 0.3) is 0 Å². The lowest BCUT2D eigenvalue weighted by molar-refractivity contribution is 0.186. The maximum absolute atomic E-state index is 10.3. The quantitative estimate of drug-likeness (QED) is 0.331. The van der Waals surface area contributed by atoms with Crippen molar-refractivity contribution in [3.63, 3.8) is 0 Å². The van der Waals surface area contributed by atoms with Gasteiger partial charge in [0.1, 0.15) is 0 Å². The Morgan fingerprint density at radius 3 is 2.43 bits per heavy atom. The number of hydrogen-bond donors (Lipinski definition) is 3. The predicted octanol–water partition coefficient (Wildman–Crippen LogP) is 2.32. The van der Waals surface area contributed by atoms with Gasteiger partial charge < -0.3 is 25.2 Å². The van der Waals surface area contributed by atoms with Crippen molar-refractivity contribution in [3.05, 3.63) is 23.8 Å². The first-order valence-corrected chi connectivity index (χ1v) is 7.58. The zero-order valence-corrected chi connectivity index (χ0v) is 16.6. The van der Waals surface area contributed by atoms with Gasteiger partial charge in [0.05, 0.1) is 26.9 Å². The summed E-state index contributed by atoms with van der Waals surface area (Å²) in [6.07, 6.45) is 0.319. The van der Waals surface area contributed by atoms with Crippen LogP contribution in [0.3, 0.4) is 0 Å². The van der Waals surface area contributed by atoms with E-state index in [2.05, 4.69) is 22.5 Å². The van der Waals surface area contributed by atoms with Crippen molar-refractivity contribution in [3.8, 4) is 11.5 Å². The van der Waals surface area contributed by atoms with Crippen LogP contribution in [0.1, 0.15) is 31.9 Å². The molecule has 0 radical (unpaired) electrons. The van der Waals surface area contributed by atoms with Gasteiger partial charge in [0.2, 0.25) is 0 Å². The normalized spacial score (nSPS) is 12.1. The molecule has 3 N–H and O–H groups in total. The molecule has 0 aromatic heterocycles. The van der Waals surface area contributed by atoms with Crippen molar-refractivity contribution >= 4 is 29.9 Å². The molecule has 1 rings (SSSR count). The number of rotatable bonds is 8. The van der Waals surface area contributed by atoms with E-state index in [0.29, 0.717) is 17.5 Å². The Kier molecular flexibility index (Phi) is 11.6. The molecule has 1 aromatic carbocycles. The van der Waals surface area contributed by atoms with Gasteiger partial charge in [-0.2, -0.15) is 0 Å². The lowest BCUT2D eigenvalue weighted by atomic mass is 10.1. The number of guanidine groups is 1. The second-order valence-corrected chi connectivity index (χ2v) is 4.78. The Morgan fingerprint density at radius 2 is 1.87 bits per heavy atom. The first kappa shape index (κ1) is 21.8. The molecule has 0 fully saturated rings. The van der Waals surface area contributed by atoms with Crippen molar-refractivity contribution in [1.29, 1.82) is 0 Å². The molecule has 0 saturated carbocycles. The maximum Gasteiger partial charge on any atom is 0.191 e. The maximum atomic E-state index is 10.3. The first-order valence-electron chi connectivity index (χ1n) is 7.58. The zero-order valence-electron chi connectivity index (χ0n) is 14.3. The van der Waals surface area contributed by atoms with Crippen LogP contribution >= 0.6 is 24.0 Å². The largest absolute Gasteiger partial charge is 0.493 e. The molecule has 132 valence electrons. The average molecular weight is 437 g/mol. The van der Waals surface area contributed by atoms with E-state index in [0.717, 1.165) is 25.1 Å². The van der Waals surface area contributed by atoms with Crippen LogP contribution in [0.4, 0.5) is 0 Å². The van der Waals surface area contributed by atoms with Crippen molar-refractivity contribution in [2.24, 2.45) is 4.99 Å². The first-order chi connectivity index (χ1) is 10.7. The molecule has 0 bridgehead atoms. The highest BCUT2D eigenvalue weighted by Gasteiger charge is 2.11. The van der Waals surface area contributed by atoms with Gasteiger partial charge in [-0.15, -0.1) is 24.0 Å². The number of nitrogens with one attached hydrogen (secondary N) is 2. The van der Waals surface area contributed by atoms with E-state index in [9.17, 15) is 5.11 Å². The fraction of sp³-hybridized carbons (Fsp3) is 0.562. The summed E-state index contributed by atoms with van der Waals surface area (Å²) in [5, 5.41) is 16.6. The lowest BCUT2D eigenvalue weighted by Crippen LogP contribution is -2.37. The summed E-state index contributed by atoms with van der Waals surface area (Å²) >= 11 is 0. The minimum absolute atomic E-state index is 0. The highest BCUT2D eigenvalue weighted by molar-refractivity contribution is 14.0. The third-order valence-corrected chi connectivity index (χ3v) is 3.10. The highest BCUT2D eigenvalue weighted by Crippen LogP contribution is 2.29. The number of benzene rings is 1. The molecule has 0 amide bonds. The molecule has 0 aliphatic heterocycles. The number of aliphatic hydroxyl groups is 1. The van der Waals surface area contributed by atoms with Gasteiger partial charge in [-0.05, 0) is 31.0 Å². The number of hydrogen-bond acceptors (Lipinski definition) is 4. The number of nitrogens with zero attached hydrogens (tertiary/aromatic N) is 1. The highest BCUT2D eigenvalue weighted by atomic mass is 127. The van der Waals surface area contributed by atoms with Crippen LogP contribution in [-0.4, -0.2) is 44.9 Å². The predicted molar refractivity (Wildman–Crippen MR) is 104 cm³/mol. The second-order valence-electron chi connectivity index (χ2n) is 4.78. The monoisotopic (exact) mass is 437 g/mol. The van der Waals surface area contributed by atoms with Gasteiger partial charge >= 0.3 is 0 Å². The van der Waals surface area contributed by atoms with E-state index in [-0.39, 0.29) is 30.5 Å². The third-order valence-electron chi connectivity index (χ3n) is 3.10. The van der Waals surface area contributed by atoms with E-state index in [4.69, 9.17) is 9.47 Å². The molecule has 23 heavy (non-hydrogen) atoms. The molecule has 0 spiro atoms. The molecule has 0 heterocycles. The Bertz CT molecular complexity index is 484. The zero-order chi connectivity index (χ0) is 16.4. The summed E-state index contributed by atoms with van der Waals surface area (Å²) in [6.45, 7) is 6.00. The Morgan fingerprint density at radius 1 is 1.17 bits per heavy atom. The van der Waals surface area contributed by atoms with Crippen LogP contribution in [0.2, 0.25) is 0 Å². The summed E-state index contributed by atoms with van der Waals surface area (Å²) in [4.78, 5) is 4.40. The SMILES string of the molecule is CCCNC(=NCC(O)c1ccc(OC)c(OC)c1)NCC.I. The number of aliphatic imine (C=N–C) groups is 1. The second kappa shape index (κ2) is 12.2. The van der Waals surface area contributed by atoms with E-state index in [1.165, 1.54) is 0 Å². The average Bonchev–Trinajstić information content (AvgIpc) is 2.56. The molecular formula is C16H28IN3O3. The molecular weight excluding hydrogens is 409 g/mol. The molecule has 6 nitrogen and oxygen atoms in total. The van der Waals surface area contributed by atoms with Crippen LogP contribution in [0.5, 0.6) is 11.5 Å². The minimum atomic E-state index is -0.697. The van der Waals surface area contributed by atoms with Crippen molar-refractivity contribution in [2.45, 2.75) is 26.4 Å². The van der Waals surface area contributed by atoms with Crippen LogP contribution in [0.25, 0.3) is 0 Å². The molecule has 7 heteroatoms. The number of halogens is 1. The van der Waals surface area contributed by atoms with Crippen LogP contribution in [0, 0.1) is 0 Å². The minimum Gasteiger partial charge on any atom is -0.493 e. The van der Waals surface area contributed by atoms with Gasteiger partial charge in [0.15, 0.2) is 17.5 Å².